The molecule has 4 N–H and O–H groups in total. The quantitative estimate of drug-likeness (QED) is 0.569. The fourth-order valence-corrected chi connectivity index (χ4v) is 5.81. The molecule has 0 radical (unpaired) electrons. The molecule has 0 spiro atoms. The van der Waals surface area contributed by atoms with E-state index in [1.807, 2.05) is 6.08 Å². The van der Waals surface area contributed by atoms with Crippen molar-refractivity contribution in [3.8, 4) is 5.75 Å². The van der Waals surface area contributed by atoms with E-state index < -0.39 is 0 Å². The topological polar surface area (TPSA) is 61.3 Å². The highest BCUT2D eigenvalue weighted by molar-refractivity contribution is 5.33. The molecule has 0 saturated heterocycles. The van der Waals surface area contributed by atoms with Crippen molar-refractivity contribution >= 4 is 0 Å². The summed E-state index contributed by atoms with van der Waals surface area (Å²) in [5.41, 5.74) is 14.8. The number of nitrogens with two attached hydrogens (primary N) is 2. The van der Waals surface area contributed by atoms with Gasteiger partial charge in [-0.05, 0) is 92.4 Å². The Balaban J connectivity index is 1.20. The second-order valence-corrected chi connectivity index (χ2v) is 10.2. The number of hydrogen-bond acceptors (Lipinski definition) is 3. The number of ether oxygens (including phenoxy) is 1. The Morgan fingerprint density at radius 1 is 0.833 bits per heavy atom. The lowest BCUT2D eigenvalue weighted by Crippen LogP contribution is -2.25. The molecule has 0 aliphatic heterocycles. The van der Waals surface area contributed by atoms with E-state index in [1.165, 1.54) is 69.8 Å². The summed E-state index contributed by atoms with van der Waals surface area (Å²) in [6.07, 6.45) is 17.7. The number of benzene rings is 1. The maximum absolute atomic E-state index is 6.04. The predicted octanol–water partition coefficient (Wildman–Crippen LogP) is 6.44. The highest BCUT2D eigenvalue weighted by Crippen LogP contribution is 2.42. The van der Waals surface area contributed by atoms with Crippen LogP contribution in [0.3, 0.4) is 0 Å². The first-order valence-corrected chi connectivity index (χ1v) is 12.3. The van der Waals surface area contributed by atoms with Gasteiger partial charge in [0.05, 0.1) is 5.70 Å². The van der Waals surface area contributed by atoms with Crippen molar-refractivity contribution in [1.29, 1.82) is 0 Å². The normalized spacial score (nSPS) is 30.1. The van der Waals surface area contributed by atoms with Gasteiger partial charge in [0, 0.05) is 12.1 Å². The summed E-state index contributed by atoms with van der Waals surface area (Å²) in [4.78, 5) is 0. The van der Waals surface area contributed by atoms with Crippen LogP contribution < -0.4 is 16.2 Å². The van der Waals surface area contributed by atoms with Crippen LogP contribution in [0, 0.1) is 23.7 Å². The zero-order valence-corrected chi connectivity index (χ0v) is 18.7. The summed E-state index contributed by atoms with van der Waals surface area (Å²) < 4.78 is 6.00. The maximum Gasteiger partial charge on any atom is 0.127 e. The fourth-order valence-electron chi connectivity index (χ4n) is 5.81. The van der Waals surface area contributed by atoms with Crippen LogP contribution in [0.15, 0.2) is 47.5 Å². The van der Waals surface area contributed by atoms with Crippen molar-refractivity contribution < 1.29 is 4.74 Å². The van der Waals surface area contributed by atoms with Crippen molar-refractivity contribution in [3.05, 3.63) is 53.1 Å². The molecular weight excluding hydrogens is 368 g/mol. The number of rotatable bonds is 6. The van der Waals surface area contributed by atoms with Gasteiger partial charge in [0.25, 0.3) is 0 Å². The van der Waals surface area contributed by atoms with Gasteiger partial charge < -0.3 is 16.2 Å². The summed E-state index contributed by atoms with van der Waals surface area (Å²) in [6, 6.07) is 8.60. The summed E-state index contributed by atoms with van der Waals surface area (Å²) in [7, 11) is 0. The summed E-state index contributed by atoms with van der Waals surface area (Å²) in [5, 5.41) is 0. The first-order valence-electron chi connectivity index (χ1n) is 12.3. The molecule has 3 aliphatic rings. The summed E-state index contributed by atoms with van der Waals surface area (Å²) in [5.74, 6) is 5.66. The number of allylic oxidation sites excluding steroid dienone is 3. The second kappa shape index (κ2) is 9.94. The van der Waals surface area contributed by atoms with E-state index in [0.29, 0.717) is 5.70 Å². The molecule has 0 aromatic heterocycles. The van der Waals surface area contributed by atoms with Crippen molar-refractivity contribution in [2.45, 2.75) is 84.0 Å². The SMILES string of the molecule is CC1CCC(C2CCC(CCc3ccc(OC4=C(N)C=C(N)CC4)cc3)CC2)CC1. The highest BCUT2D eigenvalue weighted by Gasteiger charge is 2.29. The molecule has 3 nitrogen and oxygen atoms in total. The van der Waals surface area contributed by atoms with Gasteiger partial charge in [-0.1, -0.05) is 44.7 Å². The molecule has 0 bridgehead atoms. The van der Waals surface area contributed by atoms with Crippen molar-refractivity contribution in [2.75, 3.05) is 0 Å². The molecule has 2 saturated carbocycles. The summed E-state index contributed by atoms with van der Waals surface area (Å²) in [6.45, 7) is 2.43. The molecule has 30 heavy (non-hydrogen) atoms. The van der Waals surface area contributed by atoms with Gasteiger partial charge in [0.1, 0.15) is 11.5 Å². The van der Waals surface area contributed by atoms with Crippen LogP contribution in [0.1, 0.15) is 83.1 Å². The first kappa shape index (κ1) is 21.3. The Morgan fingerprint density at radius 2 is 1.47 bits per heavy atom. The van der Waals surface area contributed by atoms with Gasteiger partial charge in [-0.15, -0.1) is 0 Å². The second-order valence-electron chi connectivity index (χ2n) is 10.2. The first-order chi connectivity index (χ1) is 14.6. The molecule has 3 aliphatic carbocycles. The standard InChI is InChI=1S/C27H40N2O/c1-19-2-10-22(11-3-19)23-12-6-20(7-13-23)4-5-21-8-15-25(16-9-21)30-27-17-14-24(28)18-26(27)29/h8-9,15-16,18-20,22-23H,2-7,10-14,17,28-29H2,1H3. The molecule has 2 fully saturated rings. The molecule has 3 heteroatoms. The lowest BCUT2D eigenvalue weighted by molar-refractivity contribution is 0.148. The van der Waals surface area contributed by atoms with Crippen LogP contribution in [0.4, 0.5) is 0 Å². The maximum atomic E-state index is 6.04. The van der Waals surface area contributed by atoms with Gasteiger partial charge in [-0.2, -0.15) is 0 Å². The van der Waals surface area contributed by atoms with E-state index in [1.54, 1.807) is 0 Å². The minimum Gasteiger partial charge on any atom is -0.460 e. The van der Waals surface area contributed by atoms with Gasteiger partial charge in [-0.25, -0.2) is 0 Å². The van der Waals surface area contributed by atoms with E-state index >= 15 is 0 Å². The van der Waals surface area contributed by atoms with Crippen LogP contribution in [0.5, 0.6) is 5.75 Å². The van der Waals surface area contributed by atoms with Crippen LogP contribution in [-0.2, 0) is 6.42 Å². The van der Waals surface area contributed by atoms with Crippen LogP contribution in [-0.4, -0.2) is 0 Å². The molecule has 0 unspecified atom stereocenters. The molecule has 0 atom stereocenters. The molecule has 4 rings (SSSR count). The van der Waals surface area contributed by atoms with Crippen LogP contribution in [0.25, 0.3) is 0 Å². The molecular formula is C27H40N2O. The van der Waals surface area contributed by atoms with E-state index in [-0.39, 0.29) is 0 Å². The Kier molecular flexibility index (Phi) is 7.07. The minimum atomic E-state index is 0.654. The molecule has 1 aromatic carbocycles. The van der Waals surface area contributed by atoms with Crippen molar-refractivity contribution in [2.24, 2.45) is 35.1 Å². The molecule has 0 amide bonds. The van der Waals surface area contributed by atoms with Gasteiger partial charge in [-0.3, -0.25) is 0 Å². The third-order valence-corrected chi connectivity index (χ3v) is 7.93. The van der Waals surface area contributed by atoms with E-state index in [4.69, 9.17) is 16.2 Å². The Bertz CT molecular complexity index is 748. The van der Waals surface area contributed by atoms with E-state index in [2.05, 4.69) is 31.2 Å². The zero-order chi connectivity index (χ0) is 20.9. The average molecular weight is 409 g/mol. The zero-order valence-electron chi connectivity index (χ0n) is 18.7. The monoisotopic (exact) mass is 408 g/mol. The Labute approximate surface area is 182 Å². The number of aryl methyl sites for hydroxylation is 1. The Morgan fingerprint density at radius 3 is 2.10 bits per heavy atom. The third-order valence-electron chi connectivity index (χ3n) is 7.93. The smallest absolute Gasteiger partial charge is 0.127 e. The van der Waals surface area contributed by atoms with Crippen LogP contribution >= 0.6 is 0 Å². The largest absolute Gasteiger partial charge is 0.460 e. The van der Waals surface area contributed by atoms with E-state index in [0.717, 1.165) is 53.7 Å². The third kappa shape index (κ3) is 5.62. The molecule has 0 heterocycles. The Hall–Kier alpha value is -1.90. The lowest BCUT2D eigenvalue weighted by atomic mass is 9.69. The van der Waals surface area contributed by atoms with Crippen molar-refractivity contribution in [1.82, 2.24) is 0 Å². The summed E-state index contributed by atoms with van der Waals surface area (Å²) >= 11 is 0. The fraction of sp³-hybridized carbons (Fsp3) is 0.630. The average Bonchev–Trinajstić information content (AvgIpc) is 2.76. The van der Waals surface area contributed by atoms with Crippen LogP contribution in [0.2, 0.25) is 0 Å². The van der Waals surface area contributed by atoms with Crippen molar-refractivity contribution in [3.63, 3.8) is 0 Å². The highest BCUT2D eigenvalue weighted by atomic mass is 16.5. The molecule has 1 aromatic rings. The van der Waals surface area contributed by atoms with Gasteiger partial charge in [0.2, 0.25) is 0 Å². The van der Waals surface area contributed by atoms with Gasteiger partial charge in [0.15, 0.2) is 0 Å². The number of hydrogen-bond donors (Lipinski definition) is 2. The minimum absolute atomic E-state index is 0.654. The lowest BCUT2D eigenvalue weighted by Gasteiger charge is -2.37. The van der Waals surface area contributed by atoms with Gasteiger partial charge >= 0.3 is 0 Å². The predicted molar refractivity (Wildman–Crippen MR) is 125 cm³/mol. The molecule has 164 valence electrons. The van der Waals surface area contributed by atoms with E-state index in [9.17, 15) is 0 Å².